The fourth-order valence-electron chi connectivity index (χ4n) is 1.97. The van der Waals surface area contributed by atoms with Crippen LogP contribution < -0.4 is 10.6 Å². The highest BCUT2D eigenvalue weighted by Crippen LogP contribution is 2.19. The molecule has 126 valence electrons. The van der Waals surface area contributed by atoms with Gasteiger partial charge in [-0.05, 0) is 6.92 Å². The van der Waals surface area contributed by atoms with E-state index in [-0.39, 0.29) is 0 Å². The first-order chi connectivity index (χ1) is 11.1. The minimum Gasteiger partial charge on any atom is -0.357 e. The van der Waals surface area contributed by atoms with Gasteiger partial charge in [0, 0.05) is 37.9 Å². The van der Waals surface area contributed by atoms with Crippen molar-refractivity contribution in [3.05, 3.63) is 28.2 Å². The first-order valence-electron chi connectivity index (χ1n) is 7.89. The second-order valence-electron chi connectivity index (χ2n) is 5.50. The molecule has 2 N–H and O–H groups in total. The van der Waals surface area contributed by atoms with Crippen molar-refractivity contribution < 1.29 is 0 Å². The topological polar surface area (TPSA) is 80.0 Å². The van der Waals surface area contributed by atoms with Crippen LogP contribution in [-0.2, 0) is 20.0 Å². The van der Waals surface area contributed by atoms with Crippen LogP contribution in [0, 0.1) is 0 Å². The Morgan fingerprint density at radius 3 is 2.83 bits per heavy atom. The molecule has 0 saturated carbocycles. The molecule has 0 aromatic carbocycles. The number of rotatable bonds is 7. The Kier molecular flexibility index (Phi) is 6.52. The van der Waals surface area contributed by atoms with E-state index in [0.29, 0.717) is 12.5 Å². The standard InChI is InChI=1S/C15H25N7S/c1-5-16-15(18-8-13-19-10-20-22(13)4)17-7-6-12-9-23-14(21-12)11(2)3/h9-11H,5-8H2,1-4H3,(H2,16,17,18). The Morgan fingerprint density at radius 2 is 2.22 bits per heavy atom. The summed E-state index contributed by atoms with van der Waals surface area (Å²) >= 11 is 1.73. The quantitative estimate of drug-likeness (QED) is 0.594. The van der Waals surface area contributed by atoms with Crippen molar-refractivity contribution in [3.8, 4) is 0 Å². The summed E-state index contributed by atoms with van der Waals surface area (Å²) < 4.78 is 1.73. The van der Waals surface area contributed by atoms with Crippen molar-refractivity contribution in [2.75, 3.05) is 13.1 Å². The van der Waals surface area contributed by atoms with E-state index < -0.39 is 0 Å². The molecule has 0 amide bonds. The molecular formula is C15H25N7S. The Hall–Kier alpha value is -1.96. The number of aliphatic imine (C=N–C) groups is 1. The zero-order valence-corrected chi connectivity index (χ0v) is 15.0. The van der Waals surface area contributed by atoms with Gasteiger partial charge >= 0.3 is 0 Å². The van der Waals surface area contributed by atoms with Crippen molar-refractivity contribution in [3.63, 3.8) is 0 Å². The van der Waals surface area contributed by atoms with E-state index in [2.05, 4.69) is 56.8 Å². The second kappa shape index (κ2) is 8.61. The van der Waals surface area contributed by atoms with E-state index in [1.54, 1.807) is 22.3 Å². The van der Waals surface area contributed by atoms with Gasteiger partial charge in [-0.3, -0.25) is 4.68 Å². The summed E-state index contributed by atoms with van der Waals surface area (Å²) in [6.45, 7) is 8.51. The first-order valence-corrected chi connectivity index (χ1v) is 8.77. The van der Waals surface area contributed by atoms with Gasteiger partial charge in [-0.2, -0.15) is 5.10 Å². The lowest BCUT2D eigenvalue weighted by Gasteiger charge is -2.10. The summed E-state index contributed by atoms with van der Waals surface area (Å²) in [6, 6.07) is 0. The largest absolute Gasteiger partial charge is 0.357 e. The molecule has 0 atom stereocenters. The zero-order chi connectivity index (χ0) is 16.7. The van der Waals surface area contributed by atoms with Crippen molar-refractivity contribution in [1.82, 2.24) is 30.4 Å². The first kappa shape index (κ1) is 17.4. The number of thiazole rings is 1. The van der Waals surface area contributed by atoms with Gasteiger partial charge in [0.1, 0.15) is 18.7 Å². The van der Waals surface area contributed by atoms with Gasteiger partial charge in [-0.1, -0.05) is 13.8 Å². The van der Waals surface area contributed by atoms with Crippen LogP contribution >= 0.6 is 11.3 Å². The lowest BCUT2D eigenvalue weighted by molar-refractivity contribution is 0.697. The summed E-state index contributed by atoms with van der Waals surface area (Å²) in [5.74, 6) is 2.12. The highest BCUT2D eigenvalue weighted by Gasteiger charge is 2.06. The van der Waals surface area contributed by atoms with Crippen LogP contribution in [0.4, 0.5) is 0 Å². The van der Waals surface area contributed by atoms with Gasteiger partial charge in [-0.25, -0.2) is 15.0 Å². The molecule has 0 unspecified atom stereocenters. The number of hydrogen-bond acceptors (Lipinski definition) is 5. The van der Waals surface area contributed by atoms with Crippen molar-refractivity contribution in [2.24, 2.45) is 12.0 Å². The maximum absolute atomic E-state index is 4.65. The summed E-state index contributed by atoms with van der Waals surface area (Å²) in [7, 11) is 1.87. The minimum absolute atomic E-state index is 0.493. The maximum atomic E-state index is 4.65. The van der Waals surface area contributed by atoms with E-state index in [0.717, 1.165) is 37.0 Å². The van der Waals surface area contributed by atoms with Crippen molar-refractivity contribution in [2.45, 2.75) is 39.7 Å². The number of guanidine groups is 1. The fourth-order valence-corrected chi connectivity index (χ4v) is 2.84. The third kappa shape index (κ3) is 5.31. The average molecular weight is 335 g/mol. The summed E-state index contributed by atoms with van der Waals surface area (Å²) in [6.07, 6.45) is 2.43. The van der Waals surface area contributed by atoms with Crippen LogP contribution in [0.5, 0.6) is 0 Å². The molecule has 0 aliphatic rings. The zero-order valence-electron chi connectivity index (χ0n) is 14.2. The number of aromatic nitrogens is 4. The summed E-state index contributed by atoms with van der Waals surface area (Å²) in [4.78, 5) is 13.4. The van der Waals surface area contributed by atoms with Crippen LogP contribution in [0.15, 0.2) is 16.7 Å². The van der Waals surface area contributed by atoms with Crippen LogP contribution in [0.25, 0.3) is 0 Å². The molecule has 2 aromatic rings. The Bertz CT molecular complexity index is 629. The number of hydrogen-bond donors (Lipinski definition) is 2. The highest BCUT2D eigenvalue weighted by atomic mass is 32.1. The van der Waals surface area contributed by atoms with Crippen LogP contribution in [0.1, 0.15) is 43.2 Å². The minimum atomic E-state index is 0.493. The number of aryl methyl sites for hydroxylation is 1. The predicted octanol–water partition coefficient (Wildman–Crippen LogP) is 1.69. The lowest BCUT2D eigenvalue weighted by atomic mass is 10.2. The number of nitrogens with one attached hydrogen (secondary N) is 2. The summed E-state index contributed by atoms with van der Waals surface area (Å²) in [5.41, 5.74) is 1.13. The number of nitrogens with zero attached hydrogens (tertiary/aromatic N) is 5. The molecule has 23 heavy (non-hydrogen) atoms. The molecule has 8 heteroatoms. The third-order valence-electron chi connectivity index (χ3n) is 3.26. The molecule has 0 aliphatic carbocycles. The van der Waals surface area contributed by atoms with Gasteiger partial charge in [0.25, 0.3) is 0 Å². The molecule has 2 rings (SSSR count). The third-order valence-corrected chi connectivity index (χ3v) is 4.46. The van der Waals surface area contributed by atoms with Gasteiger partial charge < -0.3 is 10.6 Å². The van der Waals surface area contributed by atoms with Gasteiger partial charge in [-0.15, -0.1) is 11.3 Å². The predicted molar refractivity (Wildman–Crippen MR) is 93.7 cm³/mol. The molecule has 0 bridgehead atoms. The Balaban J connectivity index is 1.85. The van der Waals surface area contributed by atoms with Crippen LogP contribution in [-0.4, -0.2) is 38.8 Å². The molecule has 0 spiro atoms. The summed E-state index contributed by atoms with van der Waals surface area (Å²) in [5, 5.41) is 14.0. The van der Waals surface area contributed by atoms with E-state index in [9.17, 15) is 0 Å². The molecule has 0 aliphatic heterocycles. The Morgan fingerprint density at radius 1 is 1.39 bits per heavy atom. The lowest BCUT2D eigenvalue weighted by Crippen LogP contribution is -2.38. The SMILES string of the molecule is CCNC(=NCc1ncnn1C)NCCc1csc(C(C)C)n1. The highest BCUT2D eigenvalue weighted by molar-refractivity contribution is 7.09. The van der Waals surface area contributed by atoms with Gasteiger partial charge in [0.05, 0.1) is 10.7 Å². The molecule has 0 saturated heterocycles. The second-order valence-corrected chi connectivity index (χ2v) is 6.39. The molecular weight excluding hydrogens is 310 g/mol. The average Bonchev–Trinajstić information content (AvgIpc) is 3.14. The Labute approximate surface area is 141 Å². The molecule has 7 nitrogen and oxygen atoms in total. The molecule has 0 radical (unpaired) electrons. The maximum Gasteiger partial charge on any atom is 0.191 e. The molecule has 0 fully saturated rings. The van der Waals surface area contributed by atoms with Crippen LogP contribution in [0.3, 0.4) is 0 Å². The van der Waals surface area contributed by atoms with Gasteiger partial charge in [0.15, 0.2) is 5.96 Å². The monoisotopic (exact) mass is 335 g/mol. The molecule has 2 heterocycles. The van der Waals surface area contributed by atoms with Crippen molar-refractivity contribution >= 4 is 17.3 Å². The van der Waals surface area contributed by atoms with E-state index in [4.69, 9.17) is 0 Å². The van der Waals surface area contributed by atoms with Crippen molar-refractivity contribution in [1.29, 1.82) is 0 Å². The van der Waals surface area contributed by atoms with Gasteiger partial charge in [0.2, 0.25) is 0 Å². The molecule has 2 aromatic heterocycles. The fraction of sp³-hybridized carbons (Fsp3) is 0.600. The van der Waals surface area contributed by atoms with E-state index in [1.807, 2.05) is 7.05 Å². The normalized spacial score (nSPS) is 12.0. The van der Waals surface area contributed by atoms with E-state index in [1.165, 1.54) is 5.01 Å². The van der Waals surface area contributed by atoms with Crippen LogP contribution in [0.2, 0.25) is 0 Å². The smallest absolute Gasteiger partial charge is 0.191 e. The van der Waals surface area contributed by atoms with E-state index >= 15 is 0 Å².